The Hall–Kier alpha value is -0.940. The van der Waals surface area contributed by atoms with E-state index in [1.54, 1.807) is 6.07 Å². The number of hydrogen-bond donors (Lipinski definition) is 1. The van der Waals surface area contributed by atoms with Crippen molar-refractivity contribution in [3.63, 3.8) is 0 Å². The highest BCUT2D eigenvalue weighted by molar-refractivity contribution is 9.10. The van der Waals surface area contributed by atoms with Crippen LogP contribution in [0.15, 0.2) is 22.7 Å². The largest absolute Gasteiger partial charge is 0.469 e. The number of carbonyl (C=O) groups excluding carboxylic acids is 1. The molecule has 0 aliphatic heterocycles. The van der Waals surface area contributed by atoms with Gasteiger partial charge in [0.1, 0.15) is 5.82 Å². The quantitative estimate of drug-likeness (QED) is 0.861. The van der Waals surface area contributed by atoms with Crippen molar-refractivity contribution in [1.82, 2.24) is 0 Å². The third kappa shape index (κ3) is 3.00. The molecule has 0 saturated heterocycles. The molecule has 1 rings (SSSR count). The van der Waals surface area contributed by atoms with Crippen molar-refractivity contribution in [3.8, 4) is 0 Å². The molecule has 0 amide bonds. The molecule has 1 atom stereocenters. The zero-order valence-electron chi connectivity index (χ0n) is 8.04. The van der Waals surface area contributed by atoms with Crippen LogP contribution in [0.2, 0.25) is 0 Å². The molecule has 0 bridgehead atoms. The lowest BCUT2D eigenvalue weighted by molar-refractivity contribution is -0.142. The highest BCUT2D eigenvalue weighted by atomic mass is 79.9. The fourth-order valence-electron chi connectivity index (χ4n) is 1.17. The highest BCUT2D eigenvalue weighted by Gasteiger charge is 2.19. The lowest BCUT2D eigenvalue weighted by Gasteiger charge is -2.12. The highest BCUT2D eigenvalue weighted by Crippen LogP contribution is 2.28. The normalized spacial score (nSPS) is 12.3. The first-order valence-electron chi connectivity index (χ1n) is 4.25. The van der Waals surface area contributed by atoms with E-state index in [0.29, 0.717) is 4.47 Å². The van der Waals surface area contributed by atoms with E-state index in [-0.39, 0.29) is 12.0 Å². The number of hydrogen-bond acceptors (Lipinski definition) is 3. The van der Waals surface area contributed by atoms with E-state index in [4.69, 9.17) is 0 Å². The summed E-state index contributed by atoms with van der Waals surface area (Å²) in [5.41, 5.74) is 0.0721. The van der Waals surface area contributed by atoms with Crippen LogP contribution in [0.5, 0.6) is 0 Å². The summed E-state index contributed by atoms with van der Waals surface area (Å²) in [6, 6.07) is 4.33. The average molecular weight is 277 g/mol. The molecule has 1 aromatic carbocycles. The van der Waals surface area contributed by atoms with Crippen LogP contribution in [-0.2, 0) is 9.53 Å². The molecule has 1 aromatic rings. The van der Waals surface area contributed by atoms with E-state index in [1.807, 2.05) is 0 Å². The average Bonchev–Trinajstić information content (AvgIpc) is 2.17. The van der Waals surface area contributed by atoms with Crippen molar-refractivity contribution in [2.45, 2.75) is 12.5 Å². The summed E-state index contributed by atoms with van der Waals surface area (Å²) in [6.07, 6.45) is -1.47. The number of carbonyl (C=O) groups is 1. The maximum absolute atomic E-state index is 13.3. The Balaban J connectivity index is 2.90. The second kappa shape index (κ2) is 5.23. The van der Waals surface area contributed by atoms with Gasteiger partial charge in [-0.1, -0.05) is 22.0 Å². The minimum absolute atomic E-state index is 0.0721. The Morgan fingerprint density at radius 1 is 1.67 bits per heavy atom. The molecule has 0 fully saturated rings. The molecule has 5 heteroatoms. The van der Waals surface area contributed by atoms with Crippen LogP contribution >= 0.6 is 15.9 Å². The van der Waals surface area contributed by atoms with Gasteiger partial charge in [0.2, 0.25) is 0 Å². The SMILES string of the molecule is COC(=O)CC(O)c1c(F)cccc1Br. The fraction of sp³-hybridized carbons (Fsp3) is 0.300. The van der Waals surface area contributed by atoms with Crippen LogP contribution in [0.3, 0.4) is 0 Å². The molecular formula is C10H10BrFO3. The van der Waals surface area contributed by atoms with E-state index in [0.717, 1.165) is 0 Å². The van der Waals surface area contributed by atoms with Crippen LogP contribution in [0, 0.1) is 5.82 Å². The van der Waals surface area contributed by atoms with Crippen molar-refractivity contribution < 1.29 is 19.0 Å². The summed E-state index contributed by atoms with van der Waals surface area (Å²) in [5.74, 6) is -1.14. The second-order valence-electron chi connectivity index (χ2n) is 2.93. The Morgan fingerprint density at radius 3 is 2.87 bits per heavy atom. The molecule has 0 saturated carbocycles. The third-order valence-electron chi connectivity index (χ3n) is 1.92. The standard InChI is InChI=1S/C10H10BrFO3/c1-15-9(14)5-8(13)10-6(11)3-2-4-7(10)12/h2-4,8,13H,5H2,1H3. The lowest BCUT2D eigenvalue weighted by Crippen LogP contribution is -2.10. The molecule has 1 N–H and O–H groups in total. The smallest absolute Gasteiger partial charge is 0.308 e. The summed E-state index contributed by atoms with van der Waals surface area (Å²) < 4.78 is 18.1. The molecule has 0 heterocycles. The molecule has 15 heavy (non-hydrogen) atoms. The fourth-order valence-corrected chi connectivity index (χ4v) is 1.78. The van der Waals surface area contributed by atoms with Crippen LogP contribution in [-0.4, -0.2) is 18.2 Å². The van der Waals surface area contributed by atoms with Crippen molar-refractivity contribution in [3.05, 3.63) is 34.1 Å². The summed E-state index contributed by atoms with van der Waals surface area (Å²) in [4.78, 5) is 10.9. The number of rotatable bonds is 3. The van der Waals surface area contributed by atoms with Crippen molar-refractivity contribution in [2.24, 2.45) is 0 Å². The van der Waals surface area contributed by atoms with Gasteiger partial charge >= 0.3 is 5.97 Å². The van der Waals surface area contributed by atoms with E-state index in [2.05, 4.69) is 20.7 Å². The summed E-state index contributed by atoms with van der Waals surface area (Å²) in [7, 11) is 1.21. The van der Waals surface area contributed by atoms with Gasteiger partial charge in [0.25, 0.3) is 0 Å². The predicted octanol–water partition coefficient (Wildman–Crippen LogP) is 2.18. The Bertz CT molecular complexity index is 347. The van der Waals surface area contributed by atoms with E-state index in [9.17, 15) is 14.3 Å². The van der Waals surface area contributed by atoms with Gasteiger partial charge in [-0.2, -0.15) is 0 Å². The van der Waals surface area contributed by atoms with Crippen LogP contribution in [0.25, 0.3) is 0 Å². The van der Waals surface area contributed by atoms with Gasteiger partial charge in [-0.25, -0.2) is 4.39 Å². The molecule has 1 unspecified atom stereocenters. The first-order chi connectivity index (χ1) is 7.06. The van der Waals surface area contributed by atoms with E-state index < -0.39 is 17.9 Å². The van der Waals surface area contributed by atoms with Crippen LogP contribution in [0.1, 0.15) is 18.1 Å². The predicted molar refractivity (Wildman–Crippen MR) is 55.7 cm³/mol. The van der Waals surface area contributed by atoms with Crippen LogP contribution in [0.4, 0.5) is 4.39 Å². The van der Waals surface area contributed by atoms with Crippen LogP contribution < -0.4 is 0 Å². The summed E-state index contributed by atoms with van der Waals surface area (Å²) >= 11 is 3.11. The minimum atomic E-state index is -1.20. The van der Waals surface area contributed by atoms with Gasteiger partial charge in [-0.15, -0.1) is 0 Å². The maximum Gasteiger partial charge on any atom is 0.308 e. The Labute approximate surface area is 95.0 Å². The summed E-state index contributed by atoms with van der Waals surface area (Å²) in [6.45, 7) is 0. The molecule has 0 aromatic heterocycles. The van der Waals surface area contributed by atoms with Gasteiger partial charge in [0, 0.05) is 10.0 Å². The summed E-state index contributed by atoms with van der Waals surface area (Å²) in [5, 5.41) is 9.61. The molecule has 0 spiro atoms. The number of methoxy groups -OCH3 is 1. The topological polar surface area (TPSA) is 46.5 Å². The van der Waals surface area contributed by atoms with Crippen molar-refractivity contribution >= 4 is 21.9 Å². The van der Waals surface area contributed by atoms with Gasteiger partial charge in [0.15, 0.2) is 0 Å². The first kappa shape index (κ1) is 12.1. The first-order valence-corrected chi connectivity index (χ1v) is 5.04. The van der Waals surface area contributed by atoms with E-state index in [1.165, 1.54) is 19.2 Å². The van der Waals surface area contributed by atoms with Gasteiger partial charge in [0.05, 0.1) is 19.6 Å². The monoisotopic (exact) mass is 276 g/mol. The van der Waals surface area contributed by atoms with Gasteiger partial charge in [-0.05, 0) is 12.1 Å². The minimum Gasteiger partial charge on any atom is -0.469 e. The zero-order chi connectivity index (χ0) is 11.4. The number of benzene rings is 1. The Kier molecular flexibility index (Phi) is 4.23. The second-order valence-corrected chi connectivity index (χ2v) is 3.79. The molecule has 0 aliphatic rings. The van der Waals surface area contributed by atoms with Crippen molar-refractivity contribution in [2.75, 3.05) is 7.11 Å². The number of aliphatic hydroxyl groups excluding tert-OH is 1. The van der Waals surface area contributed by atoms with E-state index >= 15 is 0 Å². The number of esters is 1. The molecular weight excluding hydrogens is 267 g/mol. The number of ether oxygens (including phenoxy) is 1. The van der Waals surface area contributed by atoms with Gasteiger partial charge < -0.3 is 9.84 Å². The lowest BCUT2D eigenvalue weighted by atomic mass is 10.1. The molecule has 0 radical (unpaired) electrons. The molecule has 3 nitrogen and oxygen atoms in total. The Morgan fingerprint density at radius 2 is 2.33 bits per heavy atom. The molecule has 82 valence electrons. The third-order valence-corrected chi connectivity index (χ3v) is 2.61. The van der Waals surface area contributed by atoms with Crippen molar-refractivity contribution in [1.29, 1.82) is 0 Å². The zero-order valence-corrected chi connectivity index (χ0v) is 9.62. The number of aliphatic hydroxyl groups is 1. The molecule has 0 aliphatic carbocycles. The maximum atomic E-state index is 13.3. The number of halogens is 2. The van der Waals surface area contributed by atoms with Gasteiger partial charge in [-0.3, -0.25) is 4.79 Å².